The van der Waals surface area contributed by atoms with E-state index >= 15 is 0 Å². The Labute approximate surface area is 181 Å². The lowest BCUT2D eigenvalue weighted by Gasteiger charge is -2.09. The molecule has 31 heavy (non-hydrogen) atoms. The second-order valence-electron chi connectivity index (χ2n) is 7.18. The van der Waals surface area contributed by atoms with Gasteiger partial charge in [0, 0.05) is 16.3 Å². The summed E-state index contributed by atoms with van der Waals surface area (Å²) in [6, 6.07) is 16.6. The molecule has 2 aromatic carbocycles. The molecule has 0 atom stereocenters. The molecule has 0 spiro atoms. The number of aryl methyl sites for hydroxylation is 1. The summed E-state index contributed by atoms with van der Waals surface area (Å²) >= 11 is 1.41. The molecular formula is C24H18N2O4S. The van der Waals surface area contributed by atoms with Gasteiger partial charge in [0.25, 0.3) is 5.56 Å². The molecule has 154 valence electrons. The molecule has 5 aromatic rings. The highest BCUT2D eigenvalue weighted by molar-refractivity contribution is 7.17. The lowest BCUT2D eigenvalue weighted by atomic mass is 10.1. The number of carbonyl (C=O) groups excluding carboxylic acids is 1. The van der Waals surface area contributed by atoms with Crippen molar-refractivity contribution >= 4 is 38.3 Å². The maximum Gasteiger partial charge on any atom is 0.263 e. The van der Waals surface area contributed by atoms with Crippen LogP contribution in [0, 0.1) is 6.92 Å². The van der Waals surface area contributed by atoms with Crippen molar-refractivity contribution in [3.63, 3.8) is 0 Å². The maximum atomic E-state index is 13.4. The Kier molecular flexibility index (Phi) is 4.67. The topological polar surface area (TPSA) is 74.3 Å². The van der Waals surface area contributed by atoms with Gasteiger partial charge >= 0.3 is 0 Å². The SMILES string of the molecule is COc1ccc(-c2csc3nc(C)n(CC(=O)c4cc5ccccc5o4)c(=O)c23)cc1. The van der Waals surface area contributed by atoms with E-state index < -0.39 is 0 Å². The quantitative estimate of drug-likeness (QED) is 0.364. The van der Waals surface area contributed by atoms with Crippen LogP contribution in [0.5, 0.6) is 5.75 Å². The first-order valence-electron chi connectivity index (χ1n) is 9.70. The molecule has 5 rings (SSSR count). The number of fused-ring (bicyclic) bond motifs is 2. The van der Waals surface area contributed by atoms with Crippen molar-refractivity contribution in [1.29, 1.82) is 0 Å². The van der Waals surface area contributed by atoms with Gasteiger partial charge in [-0.05, 0) is 36.8 Å². The van der Waals surface area contributed by atoms with Crippen molar-refractivity contribution in [3.8, 4) is 16.9 Å². The molecule has 0 saturated heterocycles. The number of hydrogen-bond acceptors (Lipinski definition) is 6. The van der Waals surface area contributed by atoms with Crippen molar-refractivity contribution in [2.75, 3.05) is 7.11 Å². The number of thiophene rings is 1. The summed E-state index contributed by atoms with van der Waals surface area (Å²) in [5.74, 6) is 1.19. The van der Waals surface area contributed by atoms with Crippen molar-refractivity contribution in [3.05, 3.63) is 81.9 Å². The number of carbonyl (C=O) groups is 1. The van der Waals surface area contributed by atoms with Crippen LogP contribution in [0.1, 0.15) is 16.4 Å². The first kappa shape index (κ1) is 19.3. The fourth-order valence-corrected chi connectivity index (χ4v) is 4.62. The molecule has 0 unspecified atom stereocenters. The van der Waals surface area contributed by atoms with E-state index in [1.165, 1.54) is 15.9 Å². The number of hydrogen-bond donors (Lipinski definition) is 0. The number of benzene rings is 2. The van der Waals surface area contributed by atoms with Crippen LogP contribution >= 0.6 is 11.3 Å². The molecule has 0 fully saturated rings. The predicted octanol–water partition coefficient (Wildman–Crippen LogP) is 5.07. The van der Waals surface area contributed by atoms with E-state index in [2.05, 4.69) is 4.98 Å². The Morgan fingerprint density at radius 2 is 1.94 bits per heavy atom. The molecule has 0 bridgehead atoms. The van der Waals surface area contributed by atoms with Crippen molar-refractivity contribution in [2.45, 2.75) is 13.5 Å². The van der Waals surface area contributed by atoms with Gasteiger partial charge in [-0.1, -0.05) is 30.3 Å². The third-order valence-corrected chi connectivity index (χ3v) is 6.16. The molecule has 3 aromatic heterocycles. The molecule has 0 N–H and O–H groups in total. The van der Waals surface area contributed by atoms with Gasteiger partial charge in [0.1, 0.15) is 22.0 Å². The van der Waals surface area contributed by atoms with Crippen LogP contribution in [-0.4, -0.2) is 22.4 Å². The zero-order chi connectivity index (χ0) is 21.5. The normalized spacial score (nSPS) is 11.3. The average Bonchev–Trinajstić information content (AvgIpc) is 3.41. The monoisotopic (exact) mass is 430 g/mol. The van der Waals surface area contributed by atoms with E-state index in [1.54, 1.807) is 20.1 Å². The summed E-state index contributed by atoms with van der Waals surface area (Å²) in [4.78, 5) is 31.5. The molecule has 0 aliphatic heterocycles. The standard InChI is InChI=1S/C24H18N2O4S/c1-14-25-23-22(18(13-31-23)15-7-9-17(29-2)10-8-15)24(28)26(14)12-19(27)21-11-16-5-3-4-6-20(16)30-21/h3-11,13H,12H2,1-2H3. The highest BCUT2D eigenvalue weighted by Crippen LogP contribution is 2.32. The van der Waals surface area contributed by atoms with Gasteiger partial charge in [0.05, 0.1) is 19.0 Å². The second-order valence-corrected chi connectivity index (χ2v) is 8.04. The van der Waals surface area contributed by atoms with Gasteiger partial charge in [-0.3, -0.25) is 14.2 Å². The number of nitrogens with zero attached hydrogens (tertiary/aromatic N) is 2. The number of para-hydroxylation sites is 1. The Hall–Kier alpha value is -3.71. The van der Waals surface area contributed by atoms with E-state index in [-0.39, 0.29) is 23.6 Å². The van der Waals surface area contributed by atoms with E-state index in [0.717, 1.165) is 22.3 Å². The summed E-state index contributed by atoms with van der Waals surface area (Å²) in [5, 5.41) is 3.28. The molecule has 3 heterocycles. The predicted molar refractivity (Wildman–Crippen MR) is 121 cm³/mol. The second kappa shape index (κ2) is 7.52. The fraction of sp³-hybridized carbons (Fsp3) is 0.125. The lowest BCUT2D eigenvalue weighted by molar-refractivity contribution is 0.0944. The molecule has 6 nitrogen and oxygen atoms in total. The van der Waals surface area contributed by atoms with Crippen molar-refractivity contribution in [1.82, 2.24) is 9.55 Å². The Bertz CT molecular complexity index is 1460. The zero-order valence-corrected chi connectivity index (χ0v) is 17.7. The fourth-order valence-electron chi connectivity index (χ4n) is 3.64. The van der Waals surface area contributed by atoms with Gasteiger partial charge in [-0.15, -0.1) is 11.3 Å². The lowest BCUT2D eigenvalue weighted by Crippen LogP contribution is -2.27. The minimum atomic E-state index is -0.274. The van der Waals surface area contributed by atoms with Crippen LogP contribution in [0.4, 0.5) is 0 Å². The van der Waals surface area contributed by atoms with Crippen LogP contribution in [0.3, 0.4) is 0 Å². The molecular weight excluding hydrogens is 412 g/mol. The Morgan fingerprint density at radius 1 is 1.16 bits per heavy atom. The molecule has 0 amide bonds. The van der Waals surface area contributed by atoms with Gasteiger partial charge in [0.2, 0.25) is 5.78 Å². The van der Waals surface area contributed by atoms with Crippen LogP contribution in [0.25, 0.3) is 32.3 Å². The molecule has 0 aliphatic rings. The van der Waals surface area contributed by atoms with Crippen molar-refractivity contribution in [2.24, 2.45) is 0 Å². The molecule has 0 saturated carbocycles. The van der Waals surface area contributed by atoms with Crippen LogP contribution < -0.4 is 10.3 Å². The van der Waals surface area contributed by atoms with Crippen LogP contribution in [-0.2, 0) is 6.54 Å². The summed E-state index contributed by atoms with van der Waals surface area (Å²) in [7, 11) is 1.61. The van der Waals surface area contributed by atoms with E-state index in [0.29, 0.717) is 21.6 Å². The third-order valence-electron chi connectivity index (χ3n) is 5.29. The largest absolute Gasteiger partial charge is 0.497 e. The third kappa shape index (κ3) is 3.33. The number of furan rings is 1. The van der Waals surface area contributed by atoms with Crippen LogP contribution in [0.2, 0.25) is 0 Å². The van der Waals surface area contributed by atoms with E-state index in [1.807, 2.05) is 53.9 Å². The minimum absolute atomic E-state index is 0.134. The molecule has 0 aliphatic carbocycles. The van der Waals surface area contributed by atoms with E-state index in [4.69, 9.17) is 9.15 Å². The summed E-state index contributed by atoms with van der Waals surface area (Å²) in [6.45, 7) is 1.60. The minimum Gasteiger partial charge on any atom is -0.497 e. The number of Topliss-reactive ketones (excluding diaryl/α,β-unsaturated/α-hetero) is 1. The number of ketones is 1. The summed E-state index contributed by atoms with van der Waals surface area (Å²) in [6.07, 6.45) is 0. The smallest absolute Gasteiger partial charge is 0.263 e. The number of rotatable bonds is 5. The number of methoxy groups -OCH3 is 1. The average molecular weight is 430 g/mol. The van der Waals surface area contributed by atoms with Crippen LogP contribution in [0.15, 0.2) is 69.2 Å². The Balaban J connectivity index is 1.56. The van der Waals surface area contributed by atoms with Gasteiger partial charge < -0.3 is 9.15 Å². The molecule has 0 radical (unpaired) electrons. The first-order chi connectivity index (χ1) is 15.0. The van der Waals surface area contributed by atoms with E-state index in [9.17, 15) is 9.59 Å². The number of aromatic nitrogens is 2. The van der Waals surface area contributed by atoms with Gasteiger partial charge in [-0.25, -0.2) is 4.98 Å². The highest BCUT2D eigenvalue weighted by Gasteiger charge is 2.19. The summed E-state index contributed by atoms with van der Waals surface area (Å²) < 4.78 is 12.3. The number of ether oxygens (including phenoxy) is 1. The van der Waals surface area contributed by atoms with Gasteiger partial charge in [0.15, 0.2) is 5.76 Å². The molecule has 7 heteroatoms. The Morgan fingerprint density at radius 3 is 2.68 bits per heavy atom. The van der Waals surface area contributed by atoms with Crippen molar-refractivity contribution < 1.29 is 13.9 Å². The zero-order valence-electron chi connectivity index (χ0n) is 16.9. The highest BCUT2D eigenvalue weighted by atomic mass is 32.1. The maximum absolute atomic E-state index is 13.4. The first-order valence-corrected chi connectivity index (χ1v) is 10.6. The van der Waals surface area contributed by atoms with Gasteiger partial charge in [-0.2, -0.15) is 0 Å². The summed E-state index contributed by atoms with van der Waals surface area (Å²) in [5.41, 5.74) is 2.09.